The highest BCUT2D eigenvalue weighted by Crippen LogP contribution is 2.22. The van der Waals surface area contributed by atoms with E-state index in [1.165, 1.54) is 19.3 Å². The van der Waals surface area contributed by atoms with Crippen molar-refractivity contribution in [3.05, 3.63) is 47.3 Å². The van der Waals surface area contributed by atoms with E-state index in [1.807, 2.05) is 0 Å². The van der Waals surface area contributed by atoms with Crippen LogP contribution in [0, 0.1) is 17.5 Å². The number of nitrogens with one attached hydrogen (secondary N) is 1. The fraction of sp³-hybridized carbons (Fsp3) is 0.357. The zero-order valence-electron chi connectivity index (χ0n) is 11.2. The molecule has 0 saturated carbocycles. The highest BCUT2D eigenvalue weighted by molar-refractivity contribution is 5.81. The minimum atomic E-state index is -1.50. The molecule has 0 bridgehead atoms. The quantitative estimate of drug-likeness (QED) is 0.526. The average Bonchev–Trinajstić information content (AvgIpc) is 2.50. The third-order valence-corrected chi connectivity index (χ3v) is 3.07. The molecule has 0 spiro atoms. The molecule has 1 aliphatic heterocycles. The first-order valence-corrected chi connectivity index (χ1v) is 6.25. The number of hydrogen-bond donors (Lipinski definition) is 1. The molecule has 1 fully saturated rings. The third-order valence-electron chi connectivity index (χ3n) is 3.07. The summed E-state index contributed by atoms with van der Waals surface area (Å²) < 4.78 is 49.2. The largest absolute Gasteiger partial charge is 0.466 e. The number of carbonyl (C=O) groups excluding carboxylic acids is 1. The van der Waals surface area contributed by atoms with E-state index in [2.05, 4.69) is 10.1 Å². The number of esters is 1. The van der Waals surface area contributed by atoms with Gasteiger partial charge < -0.3 is 9.47 Å². The van der Waals surface area contributed by atoms with Gasteiger partial charge >= 0.3 is 5.97 Å². The number of morpholine rings is 1. The number of carbonyl (C=O) groups is 1. The molecule has 0 radical (unpaired) electrons. The highest BCUT2D eigenvalue weighted by Gasteiger charge is 2.23. The van der Waals surface area contributed by atoms with E-state index in [4.69, 9.17) is 4.74 Å². The molecule has 114 valence electrons. The van der Waals surface area contributed by atoms with Crippen LogP contribution in [0.25, 0.3) is 0 Å². The van der Waals surface area contributed by atoms with Crippen LogP contribution in [0.5, 0.6) is 0 Å². The molecule has 1 aliphatic rings. The van der Waals surface area contributed by atoms with Crippen molar-refractivity contribution in [2.45, 2.75) is 12.1 Å². The van der Waals surface area contributed by atoms with Crippen molar-refractivity contribution in [3.63, 3.8) is 0 Å². The van der Waals surface area contributed by atoms with Gasteiger partial charge in [-0.25, -0.2) is 18.0 Å². The van der Waals surface area contributed by atoms with Crippen LogP contribution >= 0.6 is 0 Å². The number of benzene rings is 1. The maximum absolute atomic E-state index is 13.2. The van der Waals surface area contributed by atoms with Gasteiger partial charge in [0, 0.05) is 12.1 Å². The summed E-state index contributed by atoms with van der Waals surface area (Å²) in [6, 6.07) is 1.02. The summed E-state index contributed by atoms with van der Waals surface area (Å²) in [5, 5.41) is 3.05. The second kappa shape index (κ2) is 6.73. The molecule has 0 unspecified atom stereocenters. The fourth-order valence-corrected chi connectivity index (χ4v) is 2.01. The molecule has 7 heteroatoms. The Balaban J connectivity index is 2.11. The summed E-state index contributed by atoms with van der Waals surface area (Å²) >= 11 is 0. The molecule has 1 saturated heterocycles. The van der Waals surface area contributed by atoms with Crippen LogP contribution in [0.1, 0.15) is 11.6 Å². The monoisotopic (exact) mass is 301 g/mol. The first kappa shape index (κ1) is 15.5. The van der Waals surface area contributed by atoms with E-state index in [9.17, 15) is 18.0 Å². The van der Waals surface area contributed by atoms with E-state index in [0.29, 0.717) is 6.61 Å². The summed E-state index contributed by atoms with van der Waals surface area (Å²) in [7, 11) is 1.25. The molecule has 21 heavy (non-hydrogen) atoms. The predicted molar refractivity (Wildman–Crippen MR) is 68.0 cm³/mol. The van der Waals surface area contributed by atoms with Gasteiger partial charge in [0.05, 0.1) is 26.4 Å². The molecule has 2 rings (SSSR count). The van der Waals surface area contributed by atoms with Gasteiger partial charge in [-0.15, -0.1) is 0 Å². The lowest BCUT2D eigenvalue weighted by molar-refractivity contribution is -0.134. The SMILES string of the molecule is COC(=O)C=C[C@H]1COC[C@@H](c2cc(F)c(F)c(F)c2)N1. The Morgan fingerprint density at radius 1 is 1.33 bits per heavy atom. The summed E-state index contributed by atoms with van der Waals surface area (Å²) in [4.78, 5) is 11.0. The molecular formula is C14H14F3NO3. The van der Waals surface area contributed by atoms with E-state index < -0.39 is 29.5 Å². The molecule has 1 aromatic rings. The van der Waals surface area contributed by atoms with E-state index in [-0.39, 0.29) is 18.2 Å². The van der Waals surface area contributed by atoms with Gasteiger partial charge in [0.25, 0.3) is 0 Å². The van der Waals surface area contributed by atoms with E-state index in [1.54, 1.807) is 0 Å². The van der Waals surface area contributed by atoms with Crippen molar-refractivity contribution in [1.29, 1.82) is 0 Å². The van der Waals surface area contributed by atoms with Gasteiger partial charge in [0.2, 0.25) is 0 Å². The van der Waals surface area contributed by atoms with Crippen molar-refractivity contribution >= 4 is 5.97 Å². The average molecular weight is 301 g/mol. The molecular weight excluding hydrogens is 287 g/mol. The summed E-state index contributed by atoms with van der Waals surface area (Å²) in [5.41, 5.74) is 0.238. The summed E-state index contributed by atoms with van der Waals surface area (Å²) in [6.07, 6.45) is 2.77. The Morgan fingerprint density at radius 3 is 2.62 bits per heavy atom. The molecule has 1 N–H and O–H groups in total. The molecule has 0 amide bonds. The summed E-state index contributed by atoms with van der Waals surface area (Å²) in [6.45, 7) is 0.489. The van der Waals surface area contributed by atoms with Crippen LogP contribution in [0.2, 0.25) is 0 Å². The number of hydrogen-bond acceptors (Lipinski definition) is 4. The zero-order valence-corrected chi connectivity index (χ0v) is 11.2. The van der Waals surface area contributed by atoms with Crippen molar-refractivity contribution in [2.24, 2.45) is 0 Å². The first-order valence-electron chi connectivity index (χ1n) is 6.25. The van der Waals surface area contributed by atoms with Gasteiger partial charge in [-0.2, -0.15) is 0 Å². The van der Waals surface area contributed by atoms with Crippen molar-refractivity contribution < 1.29 is 27.4 Å². The Hall–Kier alpha value is -1.86. The van der Waals surface area contributed by atoms with Crippen molar-refractivity contribution in [3.8, 4) is 0 Å². The molecule has 4 nitrogen and oxygen atoms in total. The maximum atomic E-state index is 13.2. The lowest BCUT2D eigenvalue weighted by atomic mass is 10.0. The fourth-order valence-electron chi connectivity index (χ4n) is 2.01. The standard InChI is InChI=1S/C14H14F3NO3/c1-20-13(19)3-2-9-6-21-7-12(18-9)8-4-10(15)14(17)11(16)5-8/h2-5,9,12,18H,6-7H2,1H3/t9-,12-/m0/s1. The first-order chi connectivity index (χ1) is 10.0. The Labute approximate surface area is 119 Å². The summed E-state index contributed by atoms with van der Waals surface area (Å²) in [5.74, 6) is -4.52. The number of rotatable bonds is 3. The van der Waals surface area contributed by atoms with Gasteiger partial charge in [0.1, 0.15) is 0 Å². The zero-order chi connectivity index (χ0) is 15.4. The highest BCUT2D eigenvalue weighted by atomic mass is 19.2. The third kappa shape index (κ3) is 3.83. The van der Waals surface area contributed by atoms with Crippen LogP contribution in [0.15, 0.2) is 24.3 Å². The smallest absolute Gasteiger partial charge is 0.330 e. The number of methoxy groups -OCH3 is 1. The van der Waals surface area contributed by atoms with E-state index >= 15 is 0 Å². The normalized spacial score (nSPS) is 22.5. The molecule has 1 heterocycles. The van der Waals surface area contributed by atoms with Crippen LogP contribution < -0.4 is 5.32 Å². The Morgan fingerprint density at radius 2 is 2.00 bits per heavy atom. The van der Waals surface area contributed by atoms with Gasteiger partial charge in [-0.3, -0.25) is 5.32 Å². The van der Waals surface area contributed by atoms with Crippen LogP contribution in [0.4, 0.5) is 13.2 Å². The Bertz CT molecular complexity index is 539. The molecule has 0 aliphatic carbocycles. The van der Waals surface area contributed by atoms with Crippen molar-refractivity contribution in [1.82, 2.24) is 5.32 Å². The maximum Gasteiger partial charge on any atom is 0.330 e. The molecule has 1 aromatic carbocycles. The second-order valence-electron chi connectivity index (χ2n) is 4.54. The number of halogens is 3. The molecule has 0 aromatic heterocycles. The van der Waals surface area contributed by atoms with Gasteiger partial charge in [-0.05, 0) is 17.7 Å². The minimum absolute atomic E-state index is 0.188. The van der Waals surface area contributed by atoms with Gasteiger partial charge in [-0.1, -0.05) is 6.08 Å². The van der Waals surface area contributed by atoms with Crippen molar-refractivity contribution in [2.75, 3.05) is 20.3 Å². The predicted octanol–water partition coefficient (Wildman–Crippen LogP) is 1.86. The molecule has 2 atom stereocenters. The van der Waals surface area contributed by atoms with Crippen LogP contribution in [0.3, 0.4) is 0 Å². The number of ether oxygens (including phenoxy) is 2. The Kier molecular flexibility index (Phi) is 4.98. The van der Waals surface area contributed by atoms with Gasteiger partial charge in [0.15, 0.2) is 17.5 Å². The van der Waals surface area contributed by atoms with Crippen LogP contribution in [-0.4, -0.2) is 32.3 Å². The second-order valence-corrected chi connectivity index (χ2v) is 4.54. The topological polar surface area (TPSA) is 47.6 Å². The van der Waals surface area contributed by atoms with E-state index in [0.717, 1.165) is 12.1 Å². The minimum Gasteiger partial charge on any atom is -0.466 e. The lowest BCUT2D eigenvalue weighted by Gasteiger charge is -2.29. The van der Waals surface area contributed by atoms with Crippen LogP contribution in [-0.2, 0) is 14.3 Å². The lowest BCUT2D eigenvalue weighted by Crippen LogP contribution is -2.42.